The van der Waals surface area contributed by atoms with Crippen molar-refractivity contribution >= 4 is 0 Å². The predicted molar refractivity (Wildman–Crippen MR) is 81.0 cm³/mol. The molecule has 0 saturated heterocycles. The molecule has 98 valence electrons. The zero-order valence-electron chi connectivity index (χ0n) is 11.1. The maximum absolute atomic E-state index is 5.35. The fourth-order valence-corrected chi connectivity index (χ4v) is 2.01. The Morgan fingerprint density at radius 3 is 1.81 bits per heavy atom. The molecule has 0 fully saturated rings. The second kappa shape index (κ2) is 5.36. The summed E-state index contributed by atoms with van der Waals surface area (Å²) < 4.78 is 5.28. The van der Waals surface area contributed by atoms with Crippen molar-refractivity contribution in [2.75, 3.05) is 0 Å². The van der Waals surface area contributed by atoms with Gasteiger partial charge in [-0.3, -0.25) is 0 Å². The Morgan fingerprint density at radius 1 is 0.762 bits per heavy atom. The summed E-state index contributed by atoms with van der Waals surface area (Å²) >= 11 is 0. The van der Waals surface area contributed by atoms with Gasteiger partial charge in [0.2, 0.25) is 0 Å². The number of nitrogens with zero attached hydrogens (tertiary/aromatic N) is 2. The van der Waals surface area contributed by atoms with Gasteiger partial charge in [0.15, 0.2) is 5.76 Å². The molecule has 0 saturated carbocycles. The fraction of sp³-hybridized carbons (Fsp3) is 0. The number of rotatable bonds is 2. The summed E-state index contributed by atoms with van der Waals surface area (Å²) in [6.45, 7) is 0. The van der Waals surface area contributed by atoms with Gasteiger partial charge in [0, 0.05) is 27.5 Å². The first kappa shape index (κ1) is 12.7. The second-order valence-electron chi connectivity index (χ2n) is 4.39. The third-order valence-corrected chi connectivity index (χ3v) is 3.13. The third-order valence-electron chi connectivity index (χ3n) is 3.13. The van der Waals surface area contributed by atoms with Crippen LogP contribution < -0.4 is 0 Å². The van der Waals surface area contributed by atoms with Crippen molar-refractivity contribution in [2.45, 2.75) is 0 Å². The van der Waals surface area contributed by atoms with E-state index in [1.807, 2.05) is 48.5 Å². The van der Waals surface area contributed by atoms with E-state index in [9.17, 15) is 0 Å². The van der Waals surface area contributed by atoms with Gasteiger partial charge in [-0.1, -0.05) is 24.0 Å². The minimum atomic E-state index is 0.604. The van der Waals surface area contributed by atoms with Gasteiger partial charge in [-0.2, -0.15) is 0 Å². The molecule has 0 radical (unpaired) electrons. The van der Waals surface area contributed by atoms with Crippen LogP contribution in [0.3, 0.4) is 0 Å². The van der Waals surface area contributed by atoms with Crippen molar-refractivity contribution in [2.24, 2.45) is 0 Å². The highest BCUT2D eigenvalue weighted by Crippen LogP contribution is 2.30. The van der Waals surface area contributed by atoms with Crippen LogP contribution in [0.2, 0.25) is 0 Å². The maximum Gasteiger partial charge on any atom is 0.195 e. The first-order chi connectivity index (χ1) is 10.3. The minimum absolute atomic E-state index is 0.604. The molecular weight excluding hydrogens is 260 g/mol. The Kier molecular flexibility index (Phi) is 3.25. The Bertz CT molecular complexity index is 772. The van der Waals surface area contributed by atoms with Crippen molar-refractivity contribution in [3.8, 4) is 47.3 Å². The van der Waals surface area contributed by atoms with Crippen molar-refractivity contribution in [1.82, 2.24) is 10.4 Å². The lowest BCUT2D eigenvalue weighted by Crippen LogP contribution is -1.84. The van der Waals surface area contributed by atoms with Crippen LogP contribution in [0.25, 0.3) is 22.6 Å². The monoisotopic (exact) mass is 270 g/mol. The average Bonchev–Trinajstić information content (AvgIpc) is 3.04. The number of terminal acetylenes is 2. The van der Waals surface area contributed by atoms with Crippen LogP contribution in [0, 0.1) is 24.7 Å². The van der Waals surface area contributed by atoms with Gasteiger partial charge < -0.3 is 4.52 Å². The smallest absolute Gasteiger partial charge is 0.195 e. The van der Waals surface area contributed by atoms with Crippen molar-refractivity contribution < 1.29 is 4.52 Å². The van der Waals surface area contributed by atoms with Crippen LogP contribution in [-0.2, 0) is 0 Å². The lowest BCUT2D eigenvalue weighted by Gasteiger charge is -2.01. The Hall–Kier alpha value is -3.30. The SMILES string of the molecule is C#Cc1ccc(-c2nnoc2-c2ccc(C#C)cc2)cc1. The lowest BCUT2D eigenvalue weighted by atomic mass is 10.0. The molecule has 0 spiro atoms. The molecule has 2 aromatic carbocycles. The molecule has 1 heterocycles. The van der Waals surface area contributed by atoms with Crippen LogP contribution in [0.5, 0.6) is 0 Å². The number of aromatic nitrogens is 2. The molecule has 0 bridgehead atoms. The average molecular weight is 270 g/mol. The first-order valence-electron chi connectivity index (χ1n) is 6.28. The van der Waals surface area contributed by atoms with Crippen molar-refractivity contribution in [3.05, 3.63) is 59.7 Å². The molecule has 3 rings (SSSR count). The van der Waals surface area contributed by atoms with Crippen molar-refractivity contribution in [3.63, 3.8) is 0 Å². The van der Waals surface area contributed by atoms with Crippen LogP contribution >= 0.6 is 0 Å². The van der Waals surface area contributed by atoms with E-state index < -0.39 is 0 Å². The molecule has 3 aromatic rings. The molecule has 1 aromatic heterocycles. The van der Waals surface area contributed by atoms with Gasteiger partial charge in [-0.05, 0) is 36.4 Å². The molecule has 0 amide bonds. The molecular formula is C18H10N2O. The summed E-state index contributed by atoms with van der Waals surface area (Å²) in [5.74, 6) is 5.76. The first-order valence-corrected chi connectivity index (χ1v) is 6.28. The van der Waals surface area contributed by atoms with Gasteiger partial charge >= 0.3 is 0 Å². The molecule has 0 N–H and O–H groups in total. The largest absolute Gasteiger partial charge is 0.336 e. The molecule has 0 aliphatic heterocycles. The molecule has 0 unspecified atom stereocenters. The van der Waals surface area contributed by atoms with Crippen molar-refractivity contribution in [1.29, 1.82) is 0 Å². The maximum atomic E-state index is 5.35. The quantitative estimate of drug-likeness (QED) is 0.670. The van der Waals surface area contributed by atoms with Crippen LogP contribution in [-0.4, -0.2) is 10.4 Å². The minimum Gasteiger partial charge on any atom is -0.336 e. The van der Waals surface area contributed by atoms with Gasteiger partial charge in [-0.15, -0.1) is 17.9 Å². The zero-order chi connectivity index (χ0) is 14.7. The molecule has 0 atom stereocenters. The lowest BCUT2D eigenvalue weighted by molar-refractivity contribution is 0.403. The molecule has 0 aliphatic carbocycles. The number of hydrogen-bond acceptors (Lipinski definition) is 3. The highest BCUT2D eigenvalue weighted by molar-refractivity contribution is 5.76. The summed E-state index contributed by atoms with van der Waals surface area (Å²) in [4.78, 5) is 0. The number of hydrogen-bond donors (Lipinski definition) is 0. The zero-order valence-corrected chi connectivity index (χ0v) is 11.1. The fourth-order valence-electron chi connectivity index (χ4n) is 2.01. The van der Waals surface area contributed by atoms with E-state index in [0.717, 1.165) is 22.3 Å². The van der Waals surface area contributed by atoms with E-state index in [0.29, 0.717) is 11.5 Å². The summed E-state index contributed by atoms with van der Waals surface area (Å²) in [6.07, 6.45) is 10.7. The topological polar surface area (TPSA) is 38.9 Å². The van der Waals surface area contributed by atoms with Crippen LogP contribution in [0.4, 0.5) is 0 Å². The van der Waals surface area contributed by atoms with Gasteiger partial charge in [-0.25, -0.2) is 0 Å². The van der Waals surface area contributed by atoms with E-state index in [1.165, 1.54) is 0 Å². The molecule has 21 heavy (non-hydrogen) atoms. The summed E-state index contributed by atoms with van der Waals surface area (Å²) in [7, 11) is 0. The molecule has 3 nitrogen and oxygen atoms in total. The highest BCUT2D eigenvalue weighted by atomic mass is 16.5. The highest BCUT2D eigenvalue weighted by Gasteiger charge is 2.14. The summed E-state index contributed by atoms with van der Waals surface area (Å²) in [5, 5.41) is 7.71. The van der Waals surface area contributed by atoms with Gasteiger partial charge in [0.1, 0.15) is 5.69 Å². The van der Waals surface area contributed by atoms with Gasteiger partial charge in [0.05, 0.1) is 0 Å². The second-order valence-corrected chi connectivity index (χ2v) is 4.39. The van der Waals surface area contributed by atoms with E-state index in [1.54, 1.807) is 0 Å². The van der Waals surface area contributed by atoms with E-state index in [4.69, 9.17) is 17.4 Å². The predicted octanol–water partition coefficient (Wildman–Crippen LogP) is 3.37. The Balaban J connectivity index is 2.03. The Labute approximate surface area is 122 Å². The summed E-state index contributed by atoms with van der Waals surface area (Å²) in [5.41, 5.74) is 4.06. The van der Waals surface area contributed by atoms with E-state index >= 15 is 0 Å². The summed E-state index contributed by atoms with van der Waals surface area (Å²) in [6, 6.07) is 15.0. The van der Waals surface area contributed by atoms with Crippen LogP contribution in [0.15, 0.2) is 53.1 Å². The van der Waals surface area contributed by atoms with E-state index in [2.05, 4.69) is 22.2 Å². The van der Waals surface area contributed by atoms with Crippen LogP contribution in [0.1, 0.15) is 11.1 Å². The standard InChI is InChI=1S/C18H10N2O/c1-3-13-5-9-15(10-6-13)17-18(21-20-19-17)16-11-7-14(4-2)8-12-16/h1-2,5-12H. The normalized spacial score (nSPS) is 9.81. The van der Waals surface area contributed by atoms with E-state index in [-0.39, 0.29) is 0 Å². The Morgan fingerprint density at radius 2 is 1.29 bits per heavy atom. The molecule has 3 heteroatoms. The number of benzene rings is 2. The molecule has 0 aliphatic rings. The van der Waals surface area contributed by atoms with Gasteiger partial charge in [0.25, 0.3) is 0 Å². The third kappa shape index (κ3) is 2.41.